The molecule has 0 saturated heterocycles. The van der Waals surface area contributed by atoms with Gasteiger partial charge in [0.25, 0.3) is 0 Å². The van der Waals surface area contributed by atoms with Crippen molar-refractivity contribution in [1.29, 1.82) is 0 Å². The molecule has 1 heterocycles. The summed E-state index contributed by atoms with van der Waals surface area (Å²) in [5.41, 5.74) is 2.45. The summed E-state index contributed by atoms with van der Waals surface area (Å²) in [5, 5.41) is 7.43. The van der Waals surface area contributed by atoms with Crippen molar-refractivity contribution in [2.24, 2.45) is 12.0 Å². The molecule has 6 nitrogen and oxygen atoms in total. The van der Waals surface area contributed by atoms with Crippen LogP contribution in [0, 0.1) is 6.92 Å². The third-order valence-corrected chi connectivity index (χ3v) is 4.08. The van der Waals surface area contributed by atoms with E-state index in [-0.39, 0.29) is 24.0 Å². The van der Waals surface area contributed by atoms with Gasteiger partial charge < -0.3 is 10.2 Å². The second-order valence-electron chi connectivity index (χ2n) is 5.40. The number of hydrogen-bond donors (Lipinski definition) is 1. The minimum atomic E-state index is 0. The lowest BCUT2D eigenvalue weighted by atomic mass is 10.1. The minimum absolute atomic E-state index is 0. The Morgan fingerprint density at radius 3 is 2.75 bits per heavy atom. The Kier molecular flexibility index (Phi) is 8.68. The van der Waals surface area contributed by atoms with Crippen LogP contribution in [0.1, 0.15) is 23.9 Å². The fourth-order valence-electron chi connectivity index (χ4n) is 2.22. The van der Waals surface area contributed by atoms with Crippen LogP contribution in [0.2, 0.25) is 0 Å². The lowest BCUT2D eigenvalue weighted by Crippen LogP contribution is -2.39. The van der Waals surface area contributed by atoms with Crippen LogP contribution in [0.25, 0.3) is 0 Å². The molecular formula is C16H24BrIN6. The van der Waals surface area contributed by atoms with E-state index in [4.69, 9.17) is 4.99 Å². The number of aromatic nitrogens is 3. The highest BCUT2D eigenvalue weighted by Gasteiger charge is 2.10. The highest BCUT2D eigenvalue weighted by molar-refractivity contribution is 14.0. The molecule has 24 heavy (non-hydrogen) atoms. The zero-order chi connectivity index (χ0) is 16.8. The van der Waals surface area contributed by atoms with Gasteiger partial charge in [-0.2, -0.15) is 5.10 Å². The largest absolute Gasteiger partial charge is 0.357 e. The van der Waals surface area contributed by atoms with Crippen LogP contribution >= 0.6 is 39.9 Å². The number of rotatable bonds is 5. The van der Waals surface area contributed by atoms with E-state index in [0.717, 1.165) is 22.8 Å². The molecule has 2 rings (SSSR count). The van der Waals surface area contributed by atoms with Gasteiger partial charge in [-0.3, -0.25) is 4.68 Å². The summed E-state index contributed by atoms with van der Waals surface area (Å²) in [4.78, 5) is 11.1. The predicted molar refractivity (Wildman–Crippen MR) is 112 cm³/mol. The Hall–Kier alpha value is -1.16. The molecule has 0 unspecified atom stereocenters. The van der Waals surface area contributed by atoms with Crippen LogP contribution in [0.3, 0.4) is 0 Å². The number of nitrogens with one attached hydrogen (secondary N) is 1. The standard InChI is InChI=1S/C16H23BrN6.HI/c1-5-18-16(22(3)10-15-20-11-21-23(15)4)19-9-13-6-7-14(17)8-12(13)2;/h6-8,11H,5,9-10H2,1-4H3,(H,18,19);1H. The molecule has 0 aliphatic heterocycles. The fourth-order valence-corrected chi connectivity index (χ4v) is 2.69. The molecule has 0 bridgehead atoms. The average Bonchev–Trinajstić information content (AvgIpc) is 2.90. The van der Waals surface area contributed by atoms with Gasteiger partial charge in [-0.15, -0.1) is 24.0 Å². The zero-order valence-electron chi connectivity index (χ0n) is 14.5. The van der Waals surface area contributed by atoms with E-state index in [2.05, 4.69) is 62.2 Å². The van der Waals surface area contributed by atoms with Crippen LogP contribution in [0.5, 0.6) is 0 Å². The average molecular weight is 507 g/mol. The van der Waals surface area contributed by atoms with E-state index < -0.39 is 0 Å². The summed E-state index contributed by atoms with van der Waals surface area (Å²) >= 11 is 3.49. The number of benzene rings is 1. The van der Waals surface area contributed by atoms with Crippen LogP contribution < -0.4 is 5.32 Å². The molecule has 0 amide bonds. The second kappa shape index (κ2) is 9.97. The number of nitrogens with zero attached hydrogens (tertiary/aromatic N) is 5. The lowest BCUT2D eigenvalue weighted by molar-refractivity contribution is 0.448. The molecule has 8 heteroatoms. The van der Waals surface area contributed by atoms with Gasteiger partial charge in [-0.25, -0.2) is 9.98 Å². The Morgan fingerprint density at radius 2 is 2.17 bits per heavy atom. The van der Waals surface area contributed by atoms with Crippen molar-refractivity contribution < 1.29 is 0 Å². The van der Waals surface area contributed by atoms with Gasteiger partial charge in [0, 0.05) is 25.1 Å². The topological polar surface area (TPSA) is 58.3 Å². The first-order valence-electron chi connectivity index (χ1n) is 7.58. The minimum Gasteiger partial charge on any atom is -0.357 e. The molecule has 0 radical (unpaired) electrons. The first kappa shape index (κ1) is 20.9. The Bertz CT molecular complexity index is 685. The zero-order valence-corrected chi connectivity index (χ0v) is 18.4. The predicted octanol–water partition coefficient (Wildman–Crippen LogP) is 3.10. The quantitative estimate of drug-likeness (QED) is 0.384. The van der Waals surface area contributed by atoms with Crippen molar-refractivity contribution in [3.8, 4) is 0 Å². The van der Waals surface area contributed by atoms with Crippen LogP contribution in [0.15, 0.2) is 34.0 Å². The Balaban J connectivity index is 0.00000288. The van der Waals surface area contributed by atoms with Crippen molar-refractivity contribution in [2.45, 2.75) is 26.9 Å². The van der Waals surface area contributed by atoms with E-state index in [1.165, 1.54) is 11.1 Å². The second-order valence-corrected chi connectivity index (χ2v) is 6.31. The number of aryl methyl sites for hydroxylation is 2. The third kappa shape index (κ3) is 5.73. The Morgan fingerprint density at radius 1 is 1.42 bits per heavy atom. The summed E-state index contributed by atoms with van der Waals surface area (Å²) in [7, 11) is 3.90. The number of hydrogen-bond acceptors (Lipinski definition) is 3. The SMILES string of the molecule is CCNC(=NCc1ccc(Br)cc1C)N(C)Cc1ncnn1C.I. The van der Waals surface area contributed by atoms with E-state index in [0.29, 0.717) is 13.1 Å². The van der Waals surface area contributed by atoms with E-state index >= 15 is 0 Å². The maximum Gasteiger partial charge on any atom is 0.194 e. The molecule has 1 N–H and O–H groups in total. The molecule has 0 saturated carbocycles. The van der Waals surface area contributed by atoms with Gasteiger partial charge in [0.2, 0.25) is 0 Å². The van der Waals surface area contributed by atoms with E-state index in [1.54, 1.807) is 11.0 Å². The molecule has 1 aromatic heterocycles. The van der Waals surface area contributed by atoms with Crippen LogP contribution in [0.4, 0.5) is 0 Å². The smallest absolute Gasteiger partial charge is 0.194 e. The van der Waals surface area contributed by atoms with E-state index in [1.807, 2.05) is 20.2 Å². The van der Waals surface area contributed by atoms with Crippen molar-refractivity contribution in [3.05, 3.63) is 46.0 Å². The van der Waals surface area contributed by atoms with Crippen molar-refractivity contribution in [3.63, 3.8) is 0 Å². The summed E-state index contributed by atoms with van der Waals surface area (Å²) in [6.07, 6.45) is 1.57. The lowest BCUT2D eigenvalue weighted by Gasteiger charge is -2.21. The van der Waals surface area contributed by atoms with Gasteiger partial charge in [0.15, 0.2) is 5.96 Å². The normalized spacial score (nSPS) is 11.1. The summed E-state index contributed by atoms with van der Waals surface area (Å²) < 4.78 is 2.87. The number of guanidine groups is 1. The summed E-state index contributed by atoms with van der Waals surface area (Å²) in [6.45, 7) is 6.29. The van der Waals surface area contributed by atoms with Crippen molar-refractivity contribution in [1.82, 2.24) is 25.0 Å². The third-order valence-electron chi connectivity index (χ3n) is 3.58. The van der Waals surface area contributed by atoms with Gasteiger partial charge >= 0.3 is 0 Å². The molecule has 1 aromatic carbocycles. The maximum atomic E-state index is 4.74. The molecule has 0 fully saturated rings. The summed E-state index contributed by atoms with van der Waals surface area (Å²) in [5.74, 6) is 1.76. The fraction of sp³-hybridized carbons (Fsp3) is 0.438. The van der Waals surface area contributed by atoms with Gasteiger partial charge in [0.05, 0.1) is 13.1 Å². The van der Waals surface area contributed by atoms with Gasteiger partial charge in [-0.1, -0.05) is 22.0 Å². The monoisotopic (exact) mass is 506 g/mol. The van der Waals surface area contributed by atoms with Gasteiger partial charge in [0.1, 0.15) is 12.2 Å². The number of aliphatic imine (C=N–C) groups is 1. The van der Waals surface area contributed by atoms with Crippen molar-refractivity contribution >= 4 is 45.9 Å². The first-order valence-corrected chi connectivity index (χ1v) is 8.38. The Labute approximate surface area is 168 Å². The van der Waals surface area contributed by atoms with Gasteiger partial charge in [-0.05, 0) is 37.1 Å². The molecule has 2 aromatic rings. The molecule has 0 aliphatic carbocycles. The molecular weight excluding hydrogens is 483 g/mol. The number of halogens is 2. The highest BCUT2D eigenvalue weighted by atomic mass is 127. The van der Waals surface area contributed by atoms with Crippen LogP contribution in [-0.4, -0.2) is 39.2 Å². The first-order chi connectivity index (χ1) is 11.0. The summed E-state index contributed by atoms with van der Waals surface area (Å²) in [6, 6.07) is 6.27. The van der Waals surface area contributed by atoms with Crippen molar-refractivity contribution in [2.75, 3.05) is 13.6 Å². The molecule has 0 atom stereocenters. The van der Waals surface area contributed by atoms with Crippen LogP contribution in [-0.2, 0) is 20.1 Å². The highest BCUT2D eigenvalue weighted by Crippen LogP contribution is 2.16. The maximum absolute atomic E-state index is 4.74. The molecule has 0 spiro atoms. The molecule has 132 valence electrons. The van der Waals surface area contributed by atoms with E-state index in [9.17, 15) is 0 Å². The molecule has 0 aliphatic rings.